The van der Waals surface area contributed by atoms with Gasteiger partial charge < -0.3 is 26.9 Å². The first-order valence-corrected chi connectivity index (χ1v) is 12.8. The molecule has 0 aliphatic heterocycles. The number of nitrogens with one attached hydrogen (secondary N) is 2. The topological polar surface area (TPSA) is 155 Å². The van der Waals surface area contributed by atoms with Crippen molar-refractivity contribution in [3.05, 3.63) is 58.3 Å². The van der Waals surface area contributed by atoms with Gasteiger partial charge in [-0.05, 0) is 88.5 Å². The normalized spacial score (nSPS) is 18.1. The molecule has 0 saturated heterocycles. The molecule has 10 nitrogen and oxygen atoms in total. The van der Waals surface area contributed by atoms with Gasteiger partial charge >= 0.3 is 5.69 Å². The third-order valence-corrected chi connectivity index (χ3v) is 6.76. The van der Waals surface area contributed by atoms with Crippen LogP contribution >= 0.6 is 0 Å². The standard InChI is InChI=1S/C26H37N7O3/c27-11-1-13-32(14-2-12-28)16-18-3-7-21(8-4-18)33-17-19-15-23(30-24(19)31-26(33)36)25(35)29-20-5-9-22(34)10-6-20/h3-4,7-8,15,17,20,22,34H,1-2,5-6,9-14,16,27-28H2,(H,29,35)(H,30,31,36). The molecule has 1 aliphatic carbocycles. The number of H-pyrrole nitrogens is 1. The molecule has 10 heteroatoms. The van der Waals surface area contributed by atoms with Crippen molar-refractivity contribution >= 4 is 16.9 Å². The van der Waals surface area contributed by atoms with Gasteiger partial charge in [0.2, 0.25) is 0 Å². The van der Waals surface area contributed by atoms with E-state index in [0.717, 1.165) is 50.9 Å². The Morgan fingerprint density at radius 3 is 2.42 bits per heavy atom. The lowest BCUT2D eigenvalue weighted by Gasteiger charge is -2.25. The molecule has 0 spiro atoms. The Kier molecular flexibility index (Phi) is 8.87. The molecule has 1 saturated carbocycles. The molecule has 1 fully saturated rings. The SMILES string of the molecule is NCCCN(CCCN)Cc1ccc(-n2cc3cc(C(=O)NC4CCC(O)CC4)[nH]c3nc2=O)cc1. The number of carbonyl (C=O) groups excluding carboxylic acids is 1. The molecule has 194 valence electrons. The summed E-state index contributed by atoms with van der Waals surface area (Å²) in [6.07, 6.45) is 6.19. The lowest BCUT2D eigenvalue weighted by Crippen LogP contribution is -2.38. The number of aliphatic hydroxyl groups excluding tert-OH is 1. The second kappa shape index (κ2) is 12.3. The first kappa shape index (κ1) is 26.0. The summed E-state index contributed by atoms with van der Waals surface area (Å²) in [7, 11) is 0. The molecule has 1 aliphatic rings. The Morgan fingerprint density at radius 2 is 1.78 bits per heavy atom. The number of aromatic nitrogens is 3. The molecular formula is C26H37N7O3. The lowest BCUT2D eigenvalue weighted by molar-refractivity contribution is 0.0864. The zero-order chi connectivity index (χ0) is 25.5. The largest absolute Gasteiger partial charge is 0.393 e. The molecule has 0 unspecified atom stereocenters. The Bertz CT molecular complexity index is 1190. The van der Waals surface area contributed by atoms with Gasteiger partial charge in [0.05, 0.1) is 11.8 Å². The maximum Gasteiger partial charge on any atom is 0.354 e. The summed E-state index contributed by atoms with van der Waals surface area (Å²) < 4.78 is 1.49. The van der Waals surface area contributed by atoms with Gasteiger partial charge in [-0.25, -0.2) is 4.79 Å². The maximum atomic E-state index is 12.7. The monoisotopic (exact) mass is 495 g/mol. The van der Waals surface area contributed by atoms with Gasteiger partial charge in [-0.3, -0.25) is 14.3 Å². The zero-order valence-electron chi connectivity index (χ0n) is 20.7. The van der Waals surface area contributed by atoms with Crippen LogP contribution in [0.2, 0.25) is 0 Å². The van der Waals surface area contributed by atoms with Gasteiger partial charge in [0, 0.05) is 24.2 Å². The number of nitrogens with two attached hydrogens (primary N) is 2. The third kappa shape index (κ3) is 6.58. The van der Waals surface area contributed by atoms with Crippen molar-refractivity contribution < 1.29 is 9.90 Å². The Balaban J connectivity index is 1.47. The fourth-order valence-corrected chi connectivity index (χ4v) is 4.70. The Labute approximate surface area is 210 Å². The van der Waals surface area contributed by atoms with Crippen LogP contribution in [-0.4, -0.2) is 68.8 Å². The second-order valence-electron chi connectivity index (χ2n) is 9.59. The van der Waals surface area contributed by atoms with Crippen LogP contribution in [0.1, 0.15) is 54.6 Å². The fraction of sp³-hybridized carbons (Fsp3) is 0.500. The molecule has 1 aromatic carbocycles. The number of benzene rings is 1. The molecule has 4 rings (SSSR count). The number of hydrogen-bond acceptors (Lipinski definition) is 7. The quantitative estimate of drug-likeness (QED) is 0.268. The Morgan fingerprint density at radius 1 is 1.11 bits per heavy atom. The van der Waals surface area contributed by atoms with Crippen LogP contribution < -0.4 is 22.5 Å². The van der Waals surface area contributed by atoms with Crippen molar-refractivity contribution in [1.82, 2.24) is 24.8 Å². The van der Waals surface area contributed by atoms with E-state index < -0.39 is 5.69 Å². The maximum absolute atomic E-state index is 12.7. The summed E-state index contributed by atoms with van der Waals surface area (Å²) in [5.74, 6) is -0.230. The van der Waals surface area contributed by atoms with E-state index in [1.54, 1.807) is 12.3 Å². The number of hydrogen-bond donors (Lipinski definition) is 5. The van der Waals surface area contributed by atoms with E-state index in [1.165, 1.54) is 4.57 Å². The molecule has 0 radical (unpaired) electrons. The summed E-state index contributed by atoms with van der Waals surface area (Å²) in [5, 5.41) is 13.4. The lowest BCUT2D eigenvalue weighted by atomic mass is 9.93. The van der Waals surface area contributed by atoms with Crippen molar-refractivity contribution in [1.29, 1.82) is 0 Å². The van der Waals surface area contributed by atoms with Crippen molar-refractivity contribution in [2.45, 2.75) is 57.2 Å². The highest BCUT2D eigenvalue weighted by atomic mass is 16.3. The molecule has 3 aromatic rings. The fourth-order valence-electron chi connectivity index (χ4n) is 4.70. The number of aromatic amines is 1. The van der Waals surface area contributed by atoms with Crippen LogP contribution in [0.4, 0.5) is 0 Å². The van der Waals surface area contributed by atoms with Gasteiger partial charge in [0.25, 0.3) is 5.91 Å². The predicted molar refractivity (Wildman–Crippen MR) is 140 cm³/mol. The summed E-state index contributed by atoms with van der Waals surface area (Å²) in [6.45, 7) is 3.95. The molecule has 1 amide bonds. The van der Waals surface area contributed by atoms with E-state index in [9.17, 15) is 14.7 Å². The second-order valence-corrected chi connectivity index (χ2v) is 9.59. The summed E-state index contributed by atoms with van der Waals surface area (Å²) in [4.78, 5) is 34.9. The van der Waals surface area contributed by atoms with E-state index >= 15 is 0 Å². The molecular weight excluding hydrogens is 458 g/mol. The van der Waals surface area contributed by atoms with E-state index in [1.807, 2.05) is 24.3 Å². The van der Waals surface area contributed by atoms with Gasteiger partial charge in [0.15, 0.2) is 0 Å². The molecule has 7 N–H and O–H groups in total. The molecule has 0 bridgehead atoms. The van der Waals surface area contributed by atoms with Crippen LogP contribution in [0.25, 0.3) is 16.7 Å². The molecule has 0 atom stereocenters. The summed E-state index contributed by atoms with van der Waals surface area (Å²) >= 11 is 0. The summed E-state index contributed by atoms with van der Waals surface area (Å²) in [6, 6.07) is 9.60. The minimum Gasteiger partial charge on any atom is -0.393 e. The first-order chi connectivity index (χ1) is 17.5. The van der Waals surface area contributed by atoms with Crippen LogP contribution in [-0.2, 0) is 6.54 Å². The number of rotatable bonds is 11. The highest BCUT2D eigenvalue weighted by Gasteiger charge is 2.22. The van der Waals surface area contributed by atoms with Gasteiger partial charge in [-0.1, -0.05) is 12.1 Å². The zero-order valence-corrected chi connectivity index (χ0v) is 20.7. The van der Waals surface area contributed by atoms with Crippen LogP contribution in [0.15, 0.2) is 41.3 Å². The van der Waals surface area contributed by atoms with Crippen molar-refractivity contribution in [3.63, 3.8) is 0 Å². The molecule has 36 heavy (non-hydrogen) atoms. The number of aliphatic hydroxyl groups is 1. The predicted octanol–water partition coefficient (Wildman–Crippen LogP) is 1.25. The van der Waals surface area contributed by atoms with E-state index in [2.05, 4.69) is 20.2 Å². The van der Waals surface area contributed by atoms with Gasteiger partial charge in [-0.15, -0.1) is 0 Å². The highest BCUT2D eigenvalue weighted by Crippen LogP contribution is 2.20. The number of amides is 1. The first-order valence-electron chi connectivity index (χ1n) is 12.8. The van der Waals surface area contributed by atoms with Crippen LogP contribution in [0.5, 0.6) is 0 Å². The summed E-state index contributed by atoms with van der Waals surface area (Å²) in [5.41, 5.74) is 13.5. The average molecular weight is 496 g/mol. The van der Waals surface area contributed by atoms with Gasteiger partial charge in [0.1, 0.15) is 11.3 Å². The third-order valence-electron chi connectivity index (χ3n) is 6.76. The molecule has 2 heterocycles. The number of nitrogens with zero attached hydrogens (tertiary/aromatic N) is 3. The average Bonchev–Trinajstić information content (AvgIpc) is 3.30. The number of carbonyl (C=O) groups is 1. The van der Waals surface area contributed by atoms with Crippen LogP contribution in [0.3, 0.4) is 0 Å². The van der Waals surface area contributed by atoms with E-state index in [0.29, 0.717) is 48.3 Å². The van der Waals surface area contributed by atoms with Gasteiger partial charge in [-0.2, -0.15) is 4.98 Å². The highest BCUT2D eigenvalue weighted by molar-refractivity contribution is 5.97. The van der Waals surface area contributed by atoms with Crippen molar-refractivity contribution in [3.8, 4) is 5.69 Å². The minimum absolute atomic E-state index is 0.0420. The van der Waals surface area contributed by atoms with Crippen molar-refractivity contribution in [2.75, 3.05) is 26.2 Å². The Hall–Kier alpha value is -3.05. The van der Waals surface area contributed by atoms with Crippen molar-refractivity contribution in [2.24, 2.45) is 11.5 Å². The van der Waals surface area contributed by atoms with E-state index in [4.69, 9.17) is 11.5 Å². The van der Waals surface area contributed by atoms with E-state index in [-0.39, 0.29) is 18.1 Å². The minimum atomic E-state index is -0.419. The number of fused-ring (bicyclic) bond motifs is 1. The smallest absolute Gasteiger partial charge is 0.354 e. The molecule has 2 aromatic heterocycles. The van der Waals surface area contributed by atoms with Crippen LogP contribution in [0, 0.1) is 0 Å².